The van der Waals surface area contributed by atoms with E-state index in [4.69, 9.17) is 5.73 Å². The van der Waals surface area contributed by atoms with Crippen LogP contribution in [0.15, 0.2) is 0 Å². The Hall–Kier alpha value is -0.940. The van der Waals surface area contributed by atoms with Crippen molar-refractivity contribution in [3.05, 3.63) is 11.6 Å². The van der Waals surface area contributed by atoms with Crippen molar-refractivity contribution in [1.29, 1.82) is 0 Å². The number of rotatable bonds is 2. The largest absolute Gasteiger partial charge is 0.385 e. The normalized spacial score (nSPS) is 23.2. The highest BCUT2D eigenvalue weighted by atomic mass is 16.3. The van der Waals surface area contributed by atoms with Crippen molar-refractivity contribution in [3.63, 3.8) is 0 Å². The first-order valence-electron chi connectivity index (χ1n) is 5.02. The van der Waals surface area contributed by atoms with Gasteiger partial charge in [0, 0.05) is 13.0 Å². The maximum absolute atomic E-state index is 9.44. The van der Waals surface area contributed by atoms with Crippen LogP contribution in [0.2, 0.25) is 0 Å². The van der Waals surface area contributed by atoms with Crippen molar-refractivity contribution in [2.24, 2.45) is 11.7 Å². The molecule has 0 amide bonds. The summed E-state index contributed by atoms with van der Waals surface area (Å²) in [5.74, 6) is 2.16. The molecule has 1 aliphatic heterocycles. The van der Waals surface area contributed by atoms with Crippen LogP contribution in [0, 0.1) is 5.92 Å². The van der Waals surface area contributed by atoms with E-state index in [-0.39, 0.29) is 0 Å². The highest BCUT2D eigenvalue weighted by molar-refractivity contribution is 5.02. The van der Waals surface area contributed by atoms with Gasteiger partial charge in [-0.05, 0) is 25.8 Å². The Morgan fingerprint density at radius 2 is 2.43 bits per heavy atom. The highest BCUT2D eigenvalue weighted by Crippen LogP contribution is 2.21. The zero-order valence-electron chi connectivity index (χ0n) is 8.35. The van der Waals surface area contributed by atoms with Crippen LogP contribution in [0.1, 0.15) is 31.1 Å². The quantitative estimate of drug-likeness (QED) is 0.689. The molecule has 5 heteroatoms. The lowest BCUT2D eigenvalue weighted by atomic mass is 9.98. The zero-order chi connectivity index (χ0) is 10.1. The van der Waals surface area contributed by atoms with Gasteiger partial charge in [0.25, 0.3) is 0 Å². The second kappa shape index (κ2) is 3.67. The van der Waals surface area contributed by atoms with Crippen molar-refractivity contribution < 1.29 is 5.11 Å². The Kier molecular flexibility index (Phi) is 2.52. The number of aliphatic hydroxyl groups is 1. The maximum atomic E-state index is 9.44. The van der Waals surface area contributed by atoms with Crippen LogP contribution < -0.4 is 5.73 Å². The third kappa shape index (κ3) is 1.53. The summed E-state index contributed by atoms with van der Waals surface area (Å²) in [6, 6.07) is 0. The monoisotopic (exact) mass is 196 g/mol. The lowest BCUT2D eigenvalue weighted by Crippen LogP contribution is -2.26. The molecular formula is C9H16N4O. The lowest BCUT2D eigenvalue weighted by Gasteiger charge is -2.22. The van der Waals surface area contributed by atoms with E-state index in [1.807, 2.05) is 4.57 Å². The summed E-state index contributed by atoms with van der Waals surface area (Å²) >= 11 is 0. The smallest absolute Gasteiger partial charge is 0.161 e. The summed E-state index contributed by atoms with van der Waals surface area (Å²) in [4.78, 5) is 0. The molecule has 0 bridgehead atoms. The Morgan fingerprint density at radius 1 is 1.64 bits per heavy atom. The van der Waals surface area contributed by atoms with Gasteiger partial charge >= 0.3 is 0 Å². The molecule has 1 aromatic rings. The molecule has 0 aromatic carbocycles. The second-order valence-corrected chi connectivity index (χ2v) is 3.90. The van der Waals surface area contributed by atoms with Crippen molar-refractivity contribution >= 4 is 0 Å². The number of hydrogen-bond acceptors (Lipinski definition) is 4. The molecule has 0 saturated heterocycles. The molecule has 2 unspecified atom stereocenters. The van der Waals surface area contributed by atoms with Crippen molar-refractivity contribution in [2.75, 3.05) is 6.54 Å². The Morgan fingerprint density at radius 3 is 3.07 bits per heavy atom. The Labute approximate surface area is 82.9 Å². The zero-order valence-corrected chi connectivity index (χ0v) is 8.35. The molecule has 78 valence electrons. The maximum Gasteiger partial charge on any atom is 0.161 e. The Bertz CT molecular complexity index is 321. The fourth-order valence-electron chi connectivity index (χ4n) is 1.93. The summed E-state index contributed by atoms with van der Waals surface area (Å²) < 4.78 is 2.01. The van der Waals surface area contributed by atoms with Crippen LogP contribution in [0.3, 0.4) is 0 Å². The van der Waals surface area contributed by atoms with Crippen molar-refractivity contribution in [2.45, 2.75) is 32.4 Å². The molecule has 1 aromatic heterocycles. The second-order valence-electron chi connectivity index (χ2n) is 3.90. The highest BCUT2D eigenvalue weighted by Gasteiger charge is 2.23. The van der Waals surface area contributed by atoms with Gasteiger partial charge in [0.2, 0.25) is 0 Å². The molecule has 0 fully saturated rings. The van der Waals surface area contributed by atoms with Gasteiger partial charge in [-0.25, -0.2) is 0 Å². The van der Waals surface area contributed by atoms with E-state index in [0.717, 1.165) is 25.2 Å². The van der Waals surface area contributed by atoms with Crippen LogP contribution in [0.25, 0.3) is 0 Å². The van der Waals surface area contributed by atoms with Crippen molar-refractivity contribution in [1.82, 2.24) is 14.8 Å². The van der Waals surface area contributed by atoms with Gasteiger partial charge in [-0.1, -0.05) is 0 Å². The summed E-state index contributed by atoms with van der Waals surface area (Å²) in [6.45, 7) is 3.30. The van der Waals surface area contributed by atoms with Gasteiger partial charge in [0.05, 0.1) is 0 Å². The standard InChI is InChI=1S/C9H16N4O/c1-6(14)9-12-11-8-4-7(5-10)2-3-13(8)9/h6-7,14H,2-5,10H2,1H3. The molecule has 0 radical (unpaired) electrons. The number of aliphatic hydroxyl groups excluding tert-OH is 1. The summed E-state index contributed by atoms with van der Waals surface area (Å²) in [5.41, 5.74) is 5.62. The molecule has 1 aliphatic rings. The molecule has 0 aliphatic carbocycles. The summed E-state index contributed by atoms with van der Waals surface area (Å²) in [5, 5.41) is 17.5. The van der Waals surface area contributed by atoms with E-state index in [1.165, 1.54) is 0 Å². The predicted molar refractivity (Wildman–Crippen MR) is 51.5 cm³/mol. The Balaban J connectivity index is 2.25. The van der Waals surface area contributed by atoms with Gasteiger partial charge in [0.1, 0.15) is 11.9 Å². The number of nitrogens with two attached hydrogens (primary N) is 1. The fraction of sp³-hybridized carbons (Fsp3) is 0.778. The van der Waals surface area contributed by atoms with Gasteiger partial charge in [-0.3, -0.25) is 0 Å². The SMILES string of the molecule is CC(O)c1nnc2n1CCC(CN)C2. The third-order valence-electron chi connectivity index (χ3n) is 2.80. The fourth-order valence-corrected chi connectivity index (χ4v) is 1.93. The van der Waals surface area contributed by atoms with Crippen LogP contribution in [0.5, 0.6) is 0 Å². The minimum Gasteiger partial charge on any atom is -0.385 e. The van der Waals surface area contributed by atoms with E-state index in [2.05, 4.69) is 10.2 Å². The predicted octanol–water partition coefficient (Wildman–Crippen LogP) is -0.148. The molecule has 5 nitrogen and oxygen atoms in total. The first kappa shape index (κ1) is 9.61. The van der Waals surface area contributed by atoms with Crippen LogP contribution in [-0.4, -0.2) is 26.4 Å². The number of nitrogens with zero attached hydrogens (tertiary/aromatic N) is 3. The van der Waals surface area contributed by atoms with Crippen LogP contribution in [0.4, 0.5) is 0 Å². The first-order valence-corrected chi connectivity index (χ1v) is 5.02. The first-order chi connectivity index (χ1) is 6.72. The summed E-state index contributed by atoms with van der Waals surface area (Å²) in [7, 11) is 0. The minimum atomic E-state index is -0.536. The van der Waals surface area contributed by atoms with Crippen LogP contribution in [-0.2, 0) is 13.0 Å². The van der Waals surface area contributed by atoms with Gasteiger partial charge in [-0.15, -0.1) is 10.2 Å². The molecule has 2 atom stereocenters. The number of aromatic nitrogens is 3. The molecule has 0 spiro atoms. The minimum absolute atomic E-state index is 0.522. The van der Waals surface area contributed by atoms with E-state index in [1.54, 1.807) is 6.92 Å². The third-order valence-corrected chi connectivity index (χ3v) is 2.80. The molecule has 0 saturated carbocycles. The van der Waals surface area contributed by atoms with E-state index >= 15 is 0 Å². The molecule has 3 N–H and O–H groups in total. The summed E-state index contributed by atoms with van der Waals surface area (Å²) in [6.07, 6.45) is 1.41. The molecule has 14 heavy (non-hydrogen) atoms. The topological polar surface area (TPSA) is 77.0 Å². The molecule has 2 heterocycles. The molecule has 2 rings (SSSR count). The number of hydrogen-bond donors (Lipinski definition) is 2. The van der Waals surface area contributed by atoms with Crippen LogP contribution >= 0.6 is 0 Å². The van der Waals surface area contributed by atoms with E-state index in [9.17, 15) is 5.11 Å². The van der Waals surface area contributed by atoms with Gasteiger partial charge in [0.15, 0.2) is 5.82 Å². The lowest BCUT2D eigenvalue weighted by molar-refractivity contribution is 0.180. The van der Waals surface area contributed by atoms with Gasteiger partial charge in [-0.2, -0.15) is 0 Å². The average molecular weight is 196 g/mol. The molecular weight excluding hydrogens is 180 g/mol. The van der Waals surface area contributed by atoms with E-state index in [0.29, 0.717) is 18.3 Å². The average Bonchev–Trinajstić information content (AvgIpc) is 2.59. The number of fused-ring (bicyclic) bond motifs is 1. The van der Waals surface area contributed by atoms with Gasteiger partial charge < -0.3 is 15.4 Å². The van der Waals surface area contributed by atoms with E-state index < -0.39 is 6.10 Å². The van der Waals surface area contributed by atoms with Crippen molar-refractivity contribution in [3.8, 4) is 0 Å².